The Balaban J connectivity index is 1.64. The van der Waals surface area contributed by atoms with Crippen molar-refractivity contribution in [3.05, 3.63) is 23.0 Å². The third-order valence-electron chi connectivity index (χ3n) is 4.26. The summed E-state index contributed by atoms with van der Waals surface area (Å²) in [4.78, 5) is 5.59. The molecule has 0 amide bonds. The quantitative estimate of drug-likeness (QED) is 0.552. The Hall–Kier alpha value is -0.920. The van der Waals surface area contributed by atoms with E-state index in [-0.39, 0.29) is 6.10 Å². The summed E-state index contributed by atoms with van der Waals surface area (Å²) in [5, 5.41) is 13.4. The minimum absolute atomic E-state index is 0.332. The van der Waals surface area contributed by atoms with E-state index in [0.717, 1.165) is 45.9 Å². The minimum Gasteiger partial charge on any atom is -0.390 e. The zero-order chi connectivity index (χ0) is 16.5. The summed E-state index contributed by atoms with van der Waals surface area (Å²) in [7, 11) is 0. The largest absolute Gasteiger partial charge is 0.390 e. The number of H-pyrrole nitrogens is 1. The predicted molar refractivity (Wildman–Crippen MR) is 90.7 cm³/mol. The van der Waals surface area contributed by atoms with Crippen LogP contribution in [0.1, 0.15) is 23.7 Å². The fourth-order valence-corrected chi connectivity index (χ4v) is 2.86. The molecule has 2 rings (SSSR count). The van der Waals surface area contributed by atoms with Crippen LogP contribution >= 0.6 is 0 Å². The van der Waals surface area contributed by atoms with Crippen molar-refractivity contribution in [1.29, 1.82) is 0 Å². The van der Waals surface area contributed by atoms with Crippen molar-refractivity contribution < 1.29 is 14.6 Å². The van der Waals surface area contributed by atoms with Gasteiger partial charge in [0.1, 0.15) is 0 Å². The van der Waals surface area contributed by atoms with Crippen LogP contribution in [0.5, 0.6) is 0 Å². The fourth-order valence-electron chi connectivity index (χ4n) is 2.86. The number of hydrogen-bond donors (Lipinski definition) is 3. The molecule has 23 heavy (non-hydrogen) atoms. The summed E-state index contributed by atoms with van der Waals surface area (Å²) in [5.74, 6) is 0. The van der Waals surface area contributed by atoms with E-state index in [1.54, 1.807) is 0 Å². The van der Waals surface area contributed by atoms with Crippen molar-refractivity contribution in [2.24, 2.45) is 0 Å². The summed E-state index contributed by atoms with van der Waals surface area (Å²) < 4.78 is 10.8. The van der Waals surface area contributed by atoms with Crippen molar-refractivity contribution >= 4 is 0 Å². The second-order valence-corrected chi connectivity index (χ2v) is 6.09. The number of rotatable bonds is 10. The van der Waals surface area contributed by atoms with E-state index in [4.69, 9.17) is 9.47 Å². The van der Waals surface area contributed by atoms with Crippen LogP contribution < -0.4 is 5.32 Å². The lowest BCUT2D eigenvalue weighted by atomic mass is 10.1. The number of nitrogens with one attached hydrogen (secondary N) is 2. The van der Waals surface area contributed by atoms with Crippen molar-refractivity contribution in [3.63, 3.8) is 0 Å². The van der Waals surface area contributed by atoms with E-state index in [9.17, 15) is 5.11 Å². The molecule has 6 heteroatoms. The summed E-state index contributed by atoms with van der Waals surface area (Å²) >= 11 is 0. The average molecular weight is 325 g/mol. The highest BCUT2D eigenvalue weighted by molar-refractivity contribution is 5.29. The highest BCUT2D eigenvalue weighted by Gasteiger charge is 2.14. The number of aliphatic hydroxyl groups is 1. The van der Waals surface area contributed by atoms with Crippen LogP contribution in [-0.2, 0) is 22.5 Å². The van der Waals surface area contributed by atoms with Crippen LogP contribution in [0.3, 0.4) is 0 Å². The third-order valence-corrected chi connectivity index (χ3v) is 4.26. The number of aromatic amines is 1. The first-order chi connectivity index (χ1) is 11.2. The van der Waals surface area contributed by atoms with Gasteiger partial charge in [0.2, 0.25) is 0 Å². The number of morpholine rings is 1. The Morgan fingerprint density at radius 2 is 2.22 bits per heavy atom. The lowest BCUT2D eigenvalue weighted by Gasteiger charge is -2.28. The number of aromatic nitrogens is 1. The van der Waals surface area contributed by atoms with Gasteiger partial charge in [-0.15, -0.1) is 0 Å². The van der Waals surface area contributed by atoms with Crippen LogP contribution in [0.15, 0.2) is 6.20 Å². The molecule has 0 bridgehead atoms. The molecule has 1 fully saturated rings. The summed E-state index contributed by atoms with van der Waals surface area (Å²) in [6, 6.07) is 0. The van der Waals surface area contributed by atoms with Crippen molar-refractivity contribution in [2.45, 2.75) is 33.0 Å². The van der Waals surface area contributed by atoms with Gasteiger partial charge in [0.05, 0.1) is 25.9 Å². The number of nitrogens with zero attached hydrogens (tertiary/aromatic N) is 1. The molecule has 1 aromatic rings. The van der Waals surface area contributed by atoms with Gasteiger partial charge in [0.25, 0.3) is 0 Å². The van der Waals surface area contributed by atoms with Crippen LogP contribution in [0, 0.1) is 6.92 Å². The lowest BCUT2D eigenvalue weighted by molar-refractivity contribution is 0.0150. The summed E-state index contributed by atoms with van der Waals surface area (Å²) in [6.07, 6.45) is 2.62. The molecule has 1 aromatic heterocycles. The Bertz CT molecular complexity index is 444. The van der Waals surface area contributed by atoms with Gasteiger partial charge in [-0.3, -0.25) is 4.90 Å². The maximum absolute atomic E-state index is 10.1. The number of aryl methyl sites for hydroxylation is 1. The molecule has 1 aliphatic rings. The van der Waals surface area contributed by atoms with E-state index >= 15 is 0 Å². The number of ether oxygens (including phenoxy) is 2. The van der Waals surface area contributed by atoms with E-state index in [1.165, 1.54) is 16.8 Å². The molecule has 1 saturated heterocycles. The molecule has 1 aliphatic heterocycles. The van der Waals surface area contributed by atoms with Gasteiger partial charge in [0, 0.05) is 63.2 Å². The van der Waals surface area contributed by atoms with E-state index in [0.29, 0.717) is 19.7 Å². The van der Waals surface area contributed by atoms with Gasteiger partial charge in [0.15, 0.2) is 0 Å². The van der Waals surface area contributed by atoms with Gasteiger partial charge < -0.3 is 24.9 Å². The molecule has 0 aromatic carbocycles. The number of aliphatic hydroxyl groups excluding tert-OH is 1. The molecule has 2 heterocycles. The van der Waals surface area contributed by atoms with Crippen molar-refractivity contribution in [2.75, 3.05) is 52.5 Å². The molecule has 0 saturated carbocycles. The molecular weight excluding hydrogens is 294 g/mol. The molecule has 0 spiro atoms. The molecule has 1 atom stereocenters. The molecule has 6 nitrogen and oxygen atoms in total. The van der Waals surface area contributed by atoms with Gasteiger partial charge >= 0.3 is 0 Å². The highest BCUT2D eigenvalue weighted by Crippen LogP contribution is 2.14. The molecular formula is C17H31N3O3. The SMILES string of the molecule is CCOCc1c(C)c[nH]c1CCNC[C@H](O)CN1CCOCC1. The fraction of sp³-hybridized carbons (Fsp3) is 0.765. The normalized spacial score (nSPS) is 17.5. The van der Waals surface area contributed by atoms with Crippen LogP contribution in [0.2, 0.25) is 0 Å². The van der Waals surface area contributed by atoms with Gasteiger partial charge in [-0.2, -0.15) is 0 Å². The number of hydrogen-bond acceptors (Lipinski definition) is 5. The predicted octanol–water partition coefficient (Wildman–Crippen LogP) is 0.685. The average Bonchev–Trinajstić information content (AvgIpc) is 2.90. The standard InChI is InChI=1S/C17H31N3O3/c1-3-22-13-16-14(2)10-19-17(16)4-5-18-11-15(21)12-20-6-8-23-9-7-20/h10,15,18-19,21H,3-9,11-13H2,1-2H3/t15-/m0/s1. The molecule has 3 N–H and O–H groups in total. The second kappa shape index (κ2) is 10.1. The number of β-amino-alcohol motifs (C(OH)–C–C–N with tert-alkyl or cyclic N) is 1. The topological polar surface area (TPSA) is 69.8 Å². The van der Waals surface area contributed by atoms with Gasteiger partial charge in [-0.05, 0) is 19.4 Å². The maximum Gasteiger partial charge on any atom is 0.0791 e. The summed E-state index contributed by atoms with van der Waals surface area (Å²) in [6.45, 7) is 11.1. The van der Waals surface area contributed by atoms with Crippen LogP contribution in [0.4, 0.5) is 0 Å². The molecule has 0 aliphatic carbocycles. The smallest absolute Gasteiger partial charge is 0.0791 e. The Kier molecular flexibility index (Phi) is 8.05. The summed E-state index contributed by atoms with van der Waals surface area (Å²) in [5.41, 5.74) is 3.74. The van der Waals surface area contributed by atoms with Crippen molar-refractivity contribution in [1.82, 2.24) is 15.2 Å². The van der Waals surface area contributed by atoms with Gasteiger partial charge in [-0.25, -0.2) is 0 Å². The van der Waals surface area contributed by atoms with Crippen molar-refractivity contribution in [3.8, 4) is 0 Å². The van der Waals surface area contributed by atoms with Gasteiger partial charge in [-0.1, -0.05) is 0 Å². The Morgan fingerprint density at radius 3 is 2.96 bits per heavy atom. The highest BCUT2D eigenvalue weighted by atomic mass is 16.5. The first kappa shape index (κ1) is 18.4. The molecule has 0 unspecified atom stereocenters. The van der Waals surface area contributed by atoms with E-state index in [2.05, 4.69) is 22.1 Å². The molecule has 132 valence electrons. The third kappa shape index (κ3) is 6.24. The zero-order valence-electron chi connectivity index (χ0n) is 14.4. The first-order valence-electron chi connectivity index (χ1n) is 8.63. The second-order valence-electron chi connectivity index (χ2n) is 6.09. The molecule has 0 radical (unpaired) electrons. The minimum atomic E-state index is -0.332. The maximum atomic E-state index is 10.1. The van der Waals surface area contributed by atoms with Crippen LogP contribution in [-0.4, -0.2) is 73.6 Å². The Labute approximate surface area is 139 Å². The van der Waals surface area contributed by atoms with E-state index < -0.39 is 0 Å². The lowest BCUT2D eigenvalue weighted by Crippen LogP contribution is -2.44. The van der Waals surface area contributed by atoms with E-state index in [1.807, 2.05) is 13.1 Å². The van der Waals surface area contributed by atoms with Crippen LogP contribution in [0.25, 0.3) is 0 Å². The first-order valence-corrected chi connectivity index (χ1v) is 8.63. The monoisotopic (exact) mass is 325 g/mol. The Morgan fingerprint density at radius 1 is 1.43 bits per heavy atom. The zero-order valence-corrected chi connectivity index (χ0v) is 14.4.